The van der Waals surface area contributed by atoms with Crippen molar-refractivity contribution in [3.8, 4) is 17.2 Å². The van der Waals surface area contributed by atoms with Gasteiger partial charge in [-0.2, -0.15) is 5.26 Å². The van der Waals surface area contributed by atoms with Gasteiger partial charge < -0.3 is 14.2 Å². The van der Waals surface area contributed by atoms with Gasteiger partial charge in [0.15, 0.2) is 0 Å². The summed E-state index contributed by atoms with van der Waals surface area (Å²) in [5.41, 5.74) is 4.82. The van der Waals surface area contributed by atoms with E-state index in [9.17, 15) is 9.90 Å². The van der Waals surface area contributed by atoms with Gasteiger partial charge in [-0.3, -0.25) is 4.79 Å². The Hall–Kier alpha value is -4.18. The zero-order valence-electron chi connectivity index (χ0n) is 18.9. The van der Waals surface area contributed by atoms with Crippen LogP contribution in [0.15, 0.2) is 90.1 Å². The van der Waals surface area contributed by atoms with Crippen molar-refractivity contribution in [2.75, 3.05) is 0 Å². The largest absolute Gasteiger partial charge is 0.382 e. The number of fused-ring (bicyclic) bond motifs is 1. The summed E-state index contributed by atoms with van der Waals surface area (Å²) in [5.74, 6) is 0. The zero-order valence-corrected chi connectivity index (χ0v) is 19.6. The van der Waals surface area contributed by atoms with Crippen LogP contribution in [0.2, 0.25) is 5.02 Å². The quantitative estimate of drug-likeness (QED) is 0.381. The highest BCUT2D eigenvalue weighted by Crippen LogP contribution is 2.34. The van der Waals surface area contributed by atoms with E-state index in [1.54, 1.807) is 48.4 Å². The molecule has 0 amide bonds. The van der Waals surface area contributed by atoms with Gasteiger partial charge in [0, 0.05) is 35.6 Å². The molecule has 0 radical (unpaired) electrons. The lowest BCUT2D eigenvalue weighted by Crippen LogP contribution is -2.19. The molecule has 0 aliphatic carbocycles. The van der Waals surface area contributed by atoms with E-state index in [1.807, 2.05) is 53.1 Å². The number of para-hydroxylation sites is 1. The standard InChI is InChI=1S/C28H21ClN4O2/c1-32-26(34)13-24(20-4-2-5-21(29)12-20)22-6-3-7-23(27(22)32)28(35)25-15-31-17-33(25)16-19-10-8-18(14-30)9-11-19/h2-13,15,17,28,35H,16H2,1H3. The van der Waals surface area contributed by atoms with Crippen LogP contribution in [0.1, 0.15) is 28.5 Å². The van der Waals surface area contributed by atoms with Gasteiger partial charge in [0.05, 0.1) is 35.4 Å². The Labute approximate surface area is 206 Å². The van der Waals surface area contributed by atoms with Gasteiger partial charge in [-0.1, -0.05) is 54.1 Å². The number of pyridine rings is 1. The number of imidazole rings is 1. The summed E-state index contributed by atoms with van der Waals surface area (Å²) in [6.45, 7) is 0.482. The molecule has 2 heterocycles. The zero-order chi connectivity index (χ0) is 24.5. The van der Waals surface area contributed by atoms with E-state index in [-0.39, 0.29) is 5.56 Å². The number of benzene rings is 3. The maximum absolute atomic E-state index is 12.9. The first-order valence-electron chi connectivity index (χ1n) is 11.0. The SMILES string of the molecule is Cn1c(=O)cc(-c2cccc(Cl)c2)c2cccc(C(O)c3cncn3Cc3ccc(C#N)cc3)c21. The van der Waals surface area contributed by atoms with Crippen LogP contribution in [-0.2, 0) is 13.6 Å². The molecule has 1 N–H and O–H groups in total. The highest BCUT2D eigenvalue weighted by Gasteiger charge is 2.21. The Morgan fingerprint density at radius 2 is 1.86 bits per heavy atom. The van der Waals surface area contributed by atoms with E-state index in [2.05, 4.69) is 11.1 Å². The molecular formula is C28H21ClN4O2. The first-order valence-corrected chi connectivity index (χ1v) is 11.4. The third-order valence-electron chi connectivity index (χ3n) is 6.18. The number of aliphatic hydroxyl groups is 1. The van der Waals surface area contributed by atoms with Crippen molar-refractivity contribution < 1.29 is 5.11 Å². The van der Waals surface area contributed by atoms with Crippen LogP contribution < -0.4 is 5.56 Å². The summed E-state index contributed by atoms with van der Waals surface area (Å²) in [6, 6.07) is 24.0. The molecule has 5 rings (SSSR count). The van der Waals surface area contributed by atoms with E-state index >= 15 is 0 Å². The molecule has 0 aliphatic rings. The number of aryl methyl sites for hydroxylation is 1. The molecule has 0 fully saturated rings. The van der Waals surface area contributed by atoms with E-state index in [0.29, 0.717) is 33.9 Å². The second kappa shape index (κ2) is 9.22. The minimum atomic E-state index is -1.01. The van der Waals surface area contributed by atoms with Crippen LogP contribution in [0, 0.1) is 11.3 Å². The molecule has 0 saturated heterocycles. The number of rotatable bonds is 5. The summed E-state index contributed by atoms with van der Waals surface area (Å²) in [4.78, 5) is 17.2. The average Bonchev–Trinajstić information content (AvgIpc) is 3.34. The smallest absolute Gasteiger partial charge is 0.251 e. The summed E-state index contributed by atoms with van der Waals surface area (Å²) in [6.07, 6.45) is 2.28. The topological polar surface area (TPSA) is 83.8 Å². The fourth-order valence-electron chi connectivity index (χ4n) is 4.41. The fraction of sp³-hybridized carbons (Fsp3) is 0.107. The summed E-state index contributed by atoms with van der Waals surface area (Å²) in [7, 11) is 1.71. The minimum absolute atomic E-state index is 0.182. The van der Waals surface area contributed by atoms with Crippen molar-refractivity contribution >= 4 is 22.5 Å². The molecule has 0 aliphatic heterocycles. The molecule has 172 valence electrons. The van der Waals surface area contributed by atoms with E-state index in [4.69, 9.17) is 16.9 Å². The van der Waals surface area contributed by atoms with Gasteiger partial charge in [0.2, 0.25) is 0 Å². The van der Waals surface area contributed by atoms with Crippen LogP contribution in [-0.4, -0.2) is 19.2 Å². The molecule has 7 heteroatoms. The van der Waals surface area contributed by atoms with Crippen LogP contribution in [0.25, 0.3) is 22.0 Å². The van der Waals surface area contributed by atoms with Crippen molar-refractivity contribution in [2.24, 2.45) is 7.05 Å². The molecule has 6 nitrogen and oxygen atoms in total. The number of aromatic nitrogens is 3. The number of aliphatic hydroxyl groups excluding tert-OH is 1. The predicted molar refractivity (Wildman–Crippen MR) is 136 cm³/mol. The number of hydrogen-bond acceptors (Lipinski definition) is 4. The van der Waals surface area contributed by atoms with Crippen LogP contribution in [0.4, 0.5) is 0 Å². The summed E-state index contributed by atoms with van der Waals surface area (Å²) in [5, 5.41) is 22.0. The lowest BCUT2D eigenvalue weighted by molar-refractivity contribution is 0.211. The molecule has 0 bridgehead atoms. The maximum atomic E-state index is 12.9. The molecule has 1 unspecified atom stereocenters. The van der Waals surface area contributed by atoms with E-state index in [1.165, 1.54) is 0 Å². The fourth-order valence-corrected chi connectivity index (χ4v) is 4.60. The monoisotopic (exact) mass is 480 g/mol. The minimum Gasteiger partial charge on any atom is -0.382 e. The van der Waals surface area contributed by atoms with Crippen molar-refractivity contribution in [3.05, 3.63) is 123 Å². The maximum Gasteiger partial charge on any atom is 0.251 e. The van der Waals surface area contributed by atoms with Crippen molar-refractivity contribution in [1.29, 1.82) is 5.26 Å². The third-order valence-corrected chi connectivity index (χ3v) is 6.42. The third kappa shape index (κ3) is 4.24. The molecule has 35 heavy (non-hydrogen) atoms. The molecule has 0 spiro atoms. The molecule has 3 aromatic carbocycles. The molecule has 2 aromatic heterocycles. The van der Waals surface area contributed by atoms with Gasteiger partial charge in [-0.15, -0.1) is 0 Å². The average molecular weight is 481 g/mol. The Morgan fingerprint density at radius 1 is 1.09 bits per heavy atom. The number of halogens is 1. The van der Waals surface area contributed by atoms with Crippen molar-refractivity contribution in [2.45, 2.75) is 12.6 Å². The van der Waals surface area contributed by atoms with Crippen LogP contribution >= 0.6 is 11.6 Å². The highest BCUT2D eigenvalue weighted by molar-refractivity contribution is 6.30. The van der Waals surface area contributed by atoms with Gasteiger partial charge >= 0.3 is 0 Å². The number of nitriles is 1. The second-order valence-corrected chi connectivity index (χ2v) is 8.80. The Bertz CT molecular complexity index is 1640. The van der Waals surface area contributed by atoms with E-state index < -0.39 is 6.10 Å². The van der Waals surface area contributed by atoms with Crippen LogP contribution in [0.5, 0.6) is 0 Å². The first-order chi connectivity index (χ1) is 17.0. The summed E-state index contributed by atoms with van der Waals surface area (Å²) < 4.78 is 3.42. The van der Waals surface area contributed by atoms with E-state index in [0.717, 1.165) is 22.1 Å². The lowest BCUT2D eigenvalue weighted by Gasteiger charge is -2.19. The first kappa shape index (κ1) is 22.6. The molecular weight excluding hydrogens is 460 g/mol. The van der Waals surface area contributed by atoms with Crippen molar-refractivity contribution in [1.82, 2.24) is 14.1 Å². The molecule has 1 atom stereocenters. The molecule has 5 aromatic rings. The predicted octanol–water partition coefficient (Wildman–Crippen LogP) is 5.06. The Morgan fingerprint density at radius 3 is 2.60 bits per heavy atom. The highest BCUT2D eigenvalue weighted by atomic mass is 35.5. The van der Waals surface area contributed by atoms with Gasteiger partial charge in [-0.25, -0.2) is 4.98 Å². The Balaban J connectivity index is 1.61. The van der Waals surface area contributed by atoms with Gasteiger partial charge in [-0.05, 0) is 41.0 Å². The number of nitrogens with zero attached hydrogens (tertiary/aromatic N) is 4. The normalized spacial score (nSPS) is 11.9. The van der Waals surface area contributed by atoms with Gasteiger partial charge in [0.1, 0.15) is 6.10 Å². The molecule has 0 saturated carbocycles. The Kier molecular flexibility index (Phi) is 5.96. The second-order valence-electron chi connectivity index (χ2n) is 8.37. The lowest BCUT2D eigenvalue weighted by atomic mass is 9.96. The van der Waals surface area contributed by atoms with Crippen LogP contribution in [0.3, 0.4) is 0 Å². The number of hydrogen-bond donors (Lipinski definition) is 1. The van der Waals surface area contributed by atoms with Crippen molar-refractivity contribution in [3.63, 3.8) is 0 Å². The summed E-state index contributed by atoms with van der Waals surface area (Å²) >= 11 is 6.22. The van der Waals surface area contributed by atoms with Gasteiger partial charge in [0.25, 0.3) is 5.56 Å².